The summed E-state index contributed by atoms with van der Waals surface area (Å²) in [7, 11) is 1.85. The van der Waals surface area contributed by atoms with Crippen LogP contribution in [-0.2, 0) is 16.8 Å². The van der Waals surface area contributed by atoms with E-state index in [1.807, 2.05) is 91.7 Å². The van der Waals surface area contributed by atoms with E-state index in [1.165, 1.54) is 5.56 Å². The van der Waals surface area contributed by atoms with E-state index < -0.39 is 0 Å². The van der Waals surface area contributed by atoms with Crippen LogP contribution < -0.4 is 4.74 Å². The second-order valence-electron chi connectivity index (χ2n) is 12.2. The summed E-state index contributed by atoms with van der Waals surface area (Å²) in [6.07, 6.45) is 1.75. The fourth-order valence-corrected chi connectivity index (χ4v) is 5.31. The number of nitrogens with zero attached hydrogens (tertiary/aromatic N) is 2. The van der Waals surface area contributed by atoms with Gasteiger partial charge in [0.05, 0.1) is 6.61 Å². The van der Waals surface area contributed by atoms with Gasteiger partial charge in [-0.15, -0.1) is 0 Å². The van der Waals surface area contributed by atoms with Crippen molar-refractivity contribution in [2.75, 3.05) is 26.7 Å². The molecule has 1 fully saturated rings. The van der Waals surface area contributed by atoms with Gasteiger partial charge < -0.3 is 14.5 Å². The summed E-state index contributed by atoms with van der Waals surface area (Å²) in [5.41, 5.74) is 3.61. The first-order valence-corrected chi connectivity index (χ1v) is 14.4. The number of aryl methyl sites for hydroxylation is 1. The standard InChI is InChI=1S/C34H41ClN2O3/c1-25-21-29(15-16-30(25)35)40-24-34(22-31(38)36(5)23-26-9-7-6-8-10-26)17-19-37(20-18-34)32(39)27-11-13-28(14-12-27)33(2,3)4/h6-16,21H,17-20,22-24H2,1-5H3. The lowest BCUT2D eigenvalue weighted by Crippen LogP contribution is -2.47. The number of piperidine rings is 1. The van der Waals surface area contributed by atoms with Crippen LogP contribution >= 0.6 is 11.6 Å². The molecule has 0 aromatic heterocycles. The Morgan fingerprint density at radius 1 is 0.975 bits per heavy atom. The van der Waals surface area contributed by atoms with Crippen LogP contribution in [-0.4, -0.2) is 48.4 Å². The minimum absolute atomic E-state index is 0.0368. The van der Waals surface area contributed by atoms with E-state index in [4.69, 9.17) is 16.3 Å². The topological polar surface area (TPSA) is 49.9 Å². The second kappa shape index (κ2) is 12.5. The Labute approximate surface area is 244 Å². The Kier molecular flexibility index (Phi) is 9.25. The molecule has 212 valence electrons. The first-order valence-electron chi connectivity index (χ1n) is 14.0. The summed E-state index contributed by atoms with van der Waals surface area (Å²) in [5, 5.41) is 0.696. The van der Waals surface area contributed by atoms with Gasteiger partial charge in [0.1, 0.15) is 5.75 Å². The molecule has 0 saturated carbocycles. The number of halogens is 1. The van der Waals surface area contributed by atoms with Crippen molar-refractivity contribution in [1.82, 2.24) is 9.80 Å². The molecule has 0 bridgehead atoms. The summed E-state index contributed by atoms with van der Waals surface area (Å²) in [5.74, 6) is 0.858. The molecule has 0 unspecified atom stereocenters. The average molecular weight is 561 g/mol. The number of benzene rings is 3. The minimum atomic E-state index is -0.373. The third-order valence-electron chi connectivity index (χ3n) is 8.00. The number of carbonyl (C=O) groups excluding carboxylic acids is 2. The molecule has 1 aliphatic rings. The molecule has 1 aliphatic heterocycles. The molecular weight excluding hydrogens is 520 g/mol. The first kappa shape index (κ1) is 29.7. The second-order valence-corrected chi connectivity index (χ2v) is 12.6. The van der Waals surface area contributed by atoms with Crippen LogP contribution in [0.3, 0.4) is 0 Å². The number of amides is 2. The number of likely N-dealkylation sites (tertiary alicyclic amines) is 1. The van der Waals surface area contributed by atoms with Crippen LogP contribution in [0.5, 0.6) is 5.75 Å². The number of hydrogen-bond acceptors (Lipinski definition) is 3. The van der Waals surface area contributed by atoms with Crippen molar-refractivity contribution in [3.8, 4) is 5.75 Å². The average Bonchev–Trinajstić information content (AvgIpc) is 2.94. The van der Waals surface area contributed by atoms with Gasteiger partial charge >= 0.3 is 0 Å². The van der Waals surface area contributed by atoms with Gasteiger partial charge in [-0.3, -0.25) is 9.59 Å². The molecule has 0 atom stereocenters. The molecule has 2 amide bonds. The molecule has 0 radical (unpaired) electrons. The summed E-state index contributed by atoms with van der Waals surface area (Å²) >= 11 is 6.21. The molecule has 6 heteroatoms. The number of rotatable bonds is 8. The van der Waals surface area contributed by atoms with Crippen molar-refractivity contribution < 1.29 is 14.3 Å². The largest absolute Gasteiger partial charge is 0.493 e. The van der Waals surface area contributed by atoms with E-state index in [9.17, 15) is 9.59 Å². The molecule has 4 rings (SSSR count). The van der Waals surface area contributed by atoms with Gasteiger partial charge in [-0.25, -0.2) is 0 Å². The third kappa shape index (κ3) is 7.45. The maximum Gasteiger partial charge on any atom is 0.253 e. The zero-order valence-electron chi connectivity index (χ0n) is 24.4. The number of ether oxygens (including phenoxy) is 1. The molecule has 0 N–H and O–H groups in total. The van der Waals surface area contributed by atoms with E-state index in [0.717, 1.165) is 16.9 Å². The maximum absolute atomic E-state index is 13.5. The monoisotopic (exact) mass is 560 g/mol. The van der Waals surface area contributed by atoms with Crippen molar-refractivity contribution in [3.05, 3.63) is 100 Å². The van der Waals surface area contributed by atoms with E-state index in [0.29, 0.717) is 56.1 Å². The summed E-state index contributed by atoms with van der Waals surface area (Å²) in [6.45, 7) is 10.6. The Balaban J connectivity index is 1.46. The molecule has 0 aliphatic carbocycles. The van der Waals surface area contributed by atoms with Crippen LogP contribution in [0, 0.1) is 12.3 Å². The molecule has 5 nitrogen and oxygen atoms in total. The SMILES string of the molecule is Cc1cc(OCC2(CC(=O)N(C)Cc3ccccc3)CCN(C(=O)c3ccc(C(C)(C)C)cc3)CC2)ccc1Cl. The highest BCUT2D eigenvalue weighted by molar-refractivity contribution is 6.31. The molecule has 3 aromatic carbocycles. The smallest absolute Gasteiger partial charge is 0.253 e. The lowest BCUT2D eigenvalue weighted by atomic mass is 9.75. The lowest BCUT2D eigenvalue weighted by molar-refractivity contribution is -0.134. The zero-order chi connectivity index (χ0) is 28.9. The van der Waals surface area contributed by atoms with Crippen molar-refractivity contribution in [1.29, 1.82) is 0 Å². The summed E-state index contributed by atoms with van der Waals surface area (Å²) in [4.78, 5) is 30.5. The molecule has 1 saturated heterocycles. The third-order valence-corrected chi connectivity index (χ3v) is 8.42. The van der Waals surface area contributed by atoms with E-state index in [2.05, 4.69) is 20.8 Å². The predicted molar refractivity (Wildman–Crippen MR) is 162 cm³/mol. The van der Waals surface area contributed by atoms with Gasteiger partial charge in [-0.2, -0.15) is 0 Å². The van der Waals surface area contributed by atoms with E-state index in [-0.39, 0.29) is 22.6 Å². The zero-order valence-corrected chi connectivity index (χ0v) is 25.1. The van der Waals surface area contributed by atoms with Crippen LogP contribution in [0.4, 0.5) is 0 Å². The quantitative estimate of drug-likeness (QED) is 0.290. The molecule has 3 aromatic rings. The maximum atomic E-state index is 13.5. The van der Waals surface area contributed by atoms with E-state index >= 15 is 0 Å². The Morgan fingerprint density at radius 3 is 2.23 bits per heavy atom. The summed E-state index contributed by atoms with van der Waals surface area (Å²) in [6, 6.07) is 23.6. The van der Waals surface area contributed by atoms with Crippen molar-refractivity contribution in [2.45, 2.75) is 58.9 Å². The molecule has 1 heterocycles. The fraction of sp³-hybridized carbons (Fsp3) is 0.412. The Morgan fingerprint density at radius 2 is 1.62 bits per heavy atom. The highest BCUT2D eigenvalue weighted by atomic mass is 35.5. The normalized spacial score (nSPS) is 15.0. The molecule has 40 heavy (non-hydrogen) atoms. The van der Waals surface area contributed by atoms with Gasteiger partial charge in [0, 0.05) is 49.1 Å². The number of carbonyl (C=O) groups is 2. The fourth-order valence-electron chi connectivity index (χ4n) is 5.20. The Bertz CT molecular complexity index is 1310. The van der Waals surface area contributed by atoms with E-state index in [1.54, 1.807) is 4.90 Å². The van der Waals surface area contributed by atoms with Crippen molar-refractivity contribution in [2.24, 2.45) is 5.41 Å². The molecule has 0 spiro atoms. The Hall–Kier alpha value is -3.31. The lowest BCUT2D eigenvalue weighted by Gasteiger charge is -2.42. The van der Waals surface area contributed by atoms with Crippen LogP contribution in [0.1, 0.15) is 67.1 Å². The predicted octanol–water partition coefficient (Wildman–Crippen LogP) is 7.30. The van der Waals surface area contributed by atoms with Gasteiger partial charge in [0.15, 0.2) is 0 Å². The van der Waals surface area contributed by atoms with Crippen LogP contribution in [0.15, 0.2) is 72.8 Å². The van der Waals surface area contributed by atoms with Gasteiger partial charge in [-0.05, 0) is 72.2 Å². The van der Waals surface area contributed by atoms with Crippen molar-refractivity contribution >= 4 is 23.4 Å². The van der Waals surface area contributed by atoms with Gasteiger partial charge in [-0.1, -0.05) is 74.8 Å². The van der Waals surface area contributed by atoms with Crippen LogP contribution in [0.25, 0.3) is 0 Å². The summed E-state index contributed by atoms with van der Waals surface area (Å²) < 4.78 is 6.28. The highest BCUT2D eigenvalue weighted by Gasteiger charge is 2.39. The number of hydrogen-bond donors (Lipinski definition) is 0. The molecular formula is C34H41ClN2O3. The highest BCUT2D eigenvalue weighted by Crippen LogP contribution is 2.37. The first-order chi connectivity index (χ1) is 19.0. The van der Waals surface area contributed by atoms with Crippen LogP contribution in [0.2, 0.25) is 5.02 Å². The van der Waals surface area contributed by atoms with Crippen molar-refractivity contribution in [3.63, 3.8) is 0 Å². The van der Waals surface area contributed by atoms with Gasteiger partial charge in [0.25, 0.3) is 5.91 Å². The minimum Gasteiger partial charge on any atom is -0.493 e. The van der Waals surface area contributed by atoms with Gasteiger partial charge in [0.2, 0.25) is 5.91 Å².